The number of hydrogen-bond donors (Lipinski definition) is 1. The van der Waals surface area contributed by atoms with Gasteiger partial charge in [0.15, 0.2) is 0 Å². The number of ether oxygens (including phenoxy) is 1. The lowest BCUT2D eigenvalue weighted by Gasteiger charge is -2.25. The molecule has 9 heteroatoms. The maximum atomic E-state index is 13.6. The van der Waals surface area contributed by atoms with E-state index in [0.717, 1.165) is 24.0 Å². The second-order valence-corrected chi connectivity index (χ2v) is 11.4. The Morgan fingerprint density at radius 1 is 1.11 bits per heavy atom. The molecule has 5 rings (SSSR count). The number of fused-ring (bicyclic) bond motifs is 1. The summed E-state index contributed by atoms with van der Waals surface area (Å²) in [6.07, 6.45) is 3.03. The number of benzene rings is 3. The molecule has 0 aliphatic heterocycles. The molecule has 1 fully saturated rings. The van der Waals surface area contributed by atoms with Crippen LogP contribution in [0.2, 0.25) is 0 Å². The Bertz CT molecular complexity index is 1560. The number of carbonyl (C=O) groups excluding carboxylic acids is 1. The highest BCUT2D eigenvalue weighted by molar-refractivity contribution is 7.92. The molecule has 0 unspecified atom stereocenters. The molecular weight excluding hydrogens is 507 g/mol. The van der Waals surface area contributed by atoms with Crippen molar-refractivity contribution in [2.24, 2.45) is 0 Å². The molecule has 0 spiro atoms. The van der Waals surface area contributed by atoms with Gasteiger partial charge in [0.1, 0.15) is 17.2 Å². The van der Waals surface area contributed by atoms with E-state index in [0.29, 0.717) is 40.2 Å². The van der Waals surface area contributed by atoms with Crippen LogP contribution in [0.15, 0.2) is 71.1 Å². The van der Waals surface area contributed by atoms with E-state index in [1.807, 2.05) is 36.4 Å². The van der Waals surface area contributed by atoms with Crippen LogP contribution in [0.5, 0.6) is 0 Å². The van der Waals surface area contributed by atoms with E-state index in [2.05, 4.69) is 5.32 Å². The highest BCUT2D eigenvalue weighted by Crippen LogP contribution is 2.48. The number of nitrogens with zero attached hydrogens (tertiary/aromatic N) is 1. The standard InChI is InChI=1S/C29H29FN2O5S/c1-31-29(33)27-24-16-23(20-8-9-20)25(17-26(24)37-28(27)21-10-12-22(30)13-11-21)32(38(2,34)35)14-15-36-18-19-6-4-3-5-7-19/h3-7,10-13,16-17,20H,8-9,14-15,18H2,1-2H3,(H,31,33). The SMILES string of the molecule is CNC(=O)c1c(-c2ccc(F)cc2)oc2cc(N(CCOCc3ccccc3)S(C)(=O)=O)c(C3CC3)cc12. The fraction of sp³-hybridized carbons (Fsp3) is 0.276. The molecule has 0 bridgehead atoms. The zero-order valence-electron chi connectivity index (χ0n) is 21.2. The highest BCUT2D eigenvalue weighted by atomic mass is 32.2. The average Bonchev–Trinajstić information content (AvgIpc) is 3.68. The van der Waals surface area contributed by atoms with E-state index >= 15 is 0 Å². The van der Waals surface area contributed by atoms with Gasteiger partial charge in [-0.1, -0.05) is 30.3 Å². The van der Waals surface area contributed by atoms with Crippen molar-refractivity contribution in [3.8, 4) is 11.3 Å². The van der Waals surface area contributed by atoms with Gasteiger partial charge in [-0.2, -0.15) is 0 Å². The molecule has 0 saturated heterocycles. The Balaban J connectivity index is 1.55. The minimum absolute atomic E-state index is 0.130. The van der Waals surface area contributed by atoms with Crippen LogP contribution in [0.3, 0.4) is 0 Å². The molecular formula is C29H29FN2O5S. The van der Waals surface area contributed by atoms with Gasteiger partial charge in [0.2, 0.25) is 10.0 Å². The van der Waals surface area contributed by atoms with Gasteiger partial charge in [-0.25, -0.2) is 12.8 Å². The van der Waals surface area contributed by atoms with E-state index in [4.69, 9.17) is 9.15 Å². The largest absolute Gasteiger partial charge is 0.455 e. The van der Waals surface area contributed by atoms with Gasteiger partial charge in [0, 0.05) is 24.1 Å². The summed E-state index contributed by atoms with van der Waals surface area (Å²) in [6, 6.07) is 19.0. The first-order chi connectivity index (χ1) is 18.3. The van der Waals surface area contributed by atoms with Crippen LogP contribution in [-0.2, 0) is 21.4 Å². The molecule has 38 heavy (non-hydrogen) atoms. The first-order valence-corrected chi connectivity index (χ1v) is 14.3. The average molecular weight is 537 g/mol. The molecule has 3 aromatic carbocycles. The molecule has 1 N–H and O–H groups in total. The summed E-state index contributed by atoms with van der Waals surface area (Å²) in [7, 11) is -2.12. The van der Waals surface area contributed by atoms with Gasteiger partial charge in [0.25, 0.3) is 5.91 Å². The van der Waals surface area contributed by atoms with Crippen molar-refractivity contribution in [2.75, 3.05) is 30.8 Å². The summed E-state index contributed by atoms with van der Waals surface area (Å²) in [4.78, 5) is 12.9. The van der Waals surface area contributed by atoms with Crippen molar-refractivity contribution in [3.05, 3.63) is 89.2 Å². The molecule has 1 amide bonds. The molecule has 1 aromatic heterocycles. The van der Waals surface area contributed by atoms with Crippen LogP contribution in [0.4, 0.5) is 10.1 Å². The van der Waals surface area contributed by atoms with Crippen molar-refractivity contribution in [2.45, 2.75) is 25.4 Å². The Morgan fingerprint density at radius 3 is 2.45 bits per heavy atom. The van der Waals surface area contributed by atoms with Crippen molar-refractivity contribution >= 4 is 32.6 Å². The molecule has 1 aliphatic carbocycles. The third-order valence-corrected chi connectivity index (χ3v) is 7.81. The summed E-state index contributed by atoms with van der Waals surface area (Å²) < 4.78 is 52.8. The van der Waals surface area contributed by atoms with E-state index in [1.165, 1.54) is 29.7 Å². The number of sulfonamides is 1. The minimum Gasteiger partial charge on any atom is -0.455 e. The van der Waals surface area contributed by atoms with Crippen LogP contribution in [0, 0.1) is 5.82 Å². The lowest BCUT2D eigenvalue weighted by atomic mass is 10.0. The third kappa shape index (κ3) is 5.44. The van der Waals surface area contributed by atoms with Gasteiger partial charge in [-0.3, -0.25) is 9.10 Å². The number of hydrogen-bond acceptors (Lipinski definition) is 5. The lowest BCUT2D eigenvalue weighted by Crippen LogP contribution is -2.33. The number of rotatable bonds is 10. The normalized spacial score (nSPS) is 13.6. The molecule has 1 saturated carbocycles. The van der Waals surface area contributed by atoms with E-state index < -0.39 is 15.8 Å². The van der Waals surface area contributed by atoms with Crippen LogP contribution in [0.25, 0.3) is 22.3 Å². The van der Waals surface area contributed by atoms with Gasteiger partial charge in [0.05, 0.1) is 37.3 Å². The van der Waals surface area contributed by atoms with Crippen molar-refractivity contribution in [1.29, 1.82) is 0 Å². The lowest BCUT2D eigenvalue weighted by molar-refractivity contribution is 0.0964. The quantitative estimate of drug-likeness (QED) is 0.272. The molecule has 1 heterocycles. The number of carbonyl (C=O) groups is 1. The Kier molecular flexibility index (Phi) is 7.23. The molecule has 7 nitrogen and oxygen atoms in total. The molecule has 1 aliphatic rings. The van der Waals surface area contributed by atoms with Crippen molar-refractivity contribution < 1.29 is 26.8 Å². The van der Waals surface area contributed by atoms with Gasteiger partial charge in [-0.05, 0) is 60.2 Å². The number of furan rings is 1. The Morgan fingerprint density at radius 2 is 1.82 bits per heavy atom. The van der Waals surface area contributed by atoms with E-state index in [-0.39, 0.29) is 25.0 Å². The van der Waals surface area contributed by atoms with Crippen LogP contribution in [0.1, 0.15) is 40.2 Å². The van der Waals surface area contributed by atoms with Crippen molar-refractivity contribution in [3.63, 3.8) is 0 Å². The summed E-state index contributed by atoms with van der Waals surface area (Å²) in [6.45, 7) is 0.707. The molecule has 0 radical (unpaired) electrons. The fourth-order valence-electron chi connectivity index (χ4n) is 4.62. The first kappa shape index (κ1) is 25.9. The van der Waals surface area contributed by atoms with Crippen LogP contribution < -0.4 is 9.62 Å². The van der Waals surface area contributed by atoms with E-state index in [1.54, 1.807) is 18.2 Å². The fourth-order valence-corrected chi connectivity index (χ4v) is 5.54. The highest BCUT2D eigenvalue weighted by Gasteiger charge is 2.33. The molecule has 4 aromatic rings. The smallest absolute Gasteiger partial charge is 0.255 e. The molecule has 198 valence electrons. The first-order valence-electron chi connectivity index (χ1n) is 12.4. The number of anilines is 1. The number of halogens is 1. The van der Waals surface area contributed by atoms with Gasteiger partial charge >= 0.3 is 0 Å². The zero-order chi connectivity index (χ0) is 26.9. The molecule has 0 atom stereocenters. The Labute approximate surface area is 221 Å². The predicted octanol–water partition coefficient (Wildman–Crippen LogP) is 5.46. The predicted molar refractivity (Wildman–Crippen MR) is 145 cm³/mol. The van der Waals surface area contributed by atoms with E-state index in [9.17, 15) is 17.6 Å². The minimum atomic E-state index is -3.65. The second kappa shape index (κ2) is 10.6. The van der Waals surface area contributed by atoms with Gasteiger partial charge in [-0.15, -0.1) is 0 Å². The summed E-state index contributed by atoms with van der Waals surface area (Å²) in [5, 5.41) is 3.25. The second-order valence-electron chi connectivity index (χ2n) is 9.45. The maximum absolute atomic E-state index is 13.6. The topological polar surface area (TPSA) is 88.8 Å². The van der Waals surface area contributed by atoms with Gasteiger partial charge < -0.3 is 14.5 Å². The monoisotopic (exact) mass is 536 g/mol. The summed E-state index contributed by atoms with van der Waals surface area (Å²) >= 11 is 0. The zero-order valence-corrected chi connectivity index (χ0v) is 22.1. The Hall–Kier alpha value is -3.69. The number of nitrogens with one attached hydrogen (secondary N) is 1. The summed E-state index contributed by atoms with van der Waals surface area (Å²) in [5.74, 6) is -0.254. The maximum Gasteiger partial charge on any atom is 0.255 e. The number of amides is 1. The van der Waals surface area contributed by atoms with Crippen LogP contribution in [-0.4, -0.2) is 40.8 Å². The summed E-state index contributed by atoms with van der Waals surface area (Å²) in [5.41, 5.74) is 3.63. The van der Waals surface area contributed by atoms with Crippen LogP contribution >= 0.6 is 0 Å². The van der Waals surface area contributed by atoms with Crippen molar-refractivity contribution in [1.82, 2.24) is 5.32 Å². The third-order valence-electron chi connectivity index (χ3n) is 6.63.